The molecule has 98 valence electrons. The van der Waals surface area contributed by atoms with Gasteiger partial charge in [0, 0.05) is 6.92 Å². The van der Waals surface area contributed by atoms with E-state index >= 15 is 0 Å². The predicted octanol–water partition coefficient (Wildman–Crippen LogP) is 0.204. The number of anilines is 1. The molecule has 10 heteroatoms. The van der Waals surface area contributed by atoms with Gasteiger partial charge >= 0.3 is 0 Å². The summed E-state index contributed by atoms with van der Waals surface area (Å²) in [4.78, 5) is 7.76. The number of sulfonamides is 1. The summed E-state index contributed by atoms with van der Waals surface area (Å²) in [6.45, 7) is 3.16. The average molecular weight is 289 g/mol. The molecular weight excluding hydrogens is 278 g/mol. The second-order valence-electron chi connectivity index (χ2n) is 3.48. The maximum absolute atomic E-state index is 12.0. The second kappa shape index (κ2) is 4.63. The van der Waals surface area contributed by atoms with Crippen LogP contribution in [-0.4, -0.2) is 23.5 Å². The third-order valence-corrected chi connectivity index (χ3v) is 5.00. The highest BCUT2D eigenvalue weighted by molar-refractivity contribution is 7.91. The molecule has 0 saturated heterocycles. The Labute approximate surface area is 107 Å². The Morgan fingerprint density at radius 3 is 2.61 bits per heavy atom. The van der Waals surface area contributed by atoms with E-state index in [9.17, 15) is 8.42 Å². The largest absolute Gasteiger partial charge is 0.375 e. The molecule has 0 unspecified atom stereocenters. The van der Waals surface area contributed by atoms with E-state index in [1.54, 1.807) is 13.8 Å². The molecule has 0 bridgehead atoms. The van der Waals surface area contributed by atoms with Crippen molar-refractivity contribution in [1.29, 1.82) is 0 Å². The van der Waals surface area contributed by atoms with Crippen LogP contribution >= 0.6 is 11.3 Å². The summed E-state index contributed by atoms with van der Waals surface area (Å²) in [5, 5.41) is 3.80. The van der Waals surface area contributed by atoms with E-state index in [4.69, 9.17) is 10.3 Å². The van der Waals surface area contributed by atoms with Crippen LogP contribution in [0.5, 0.6) is 0 Å². The standard InChI is InChI=1S/C8H11N5O3S2/c1-4-7(17-8(9)11-4)18(14,15)10-3-6-12-5(2)16-13-6/h10H,3H2,1-2H3,(H2,9,11). The molecular formula is C8H11N5O3S2. The minimum atomic E-state index is -3.65. The van der Waals surface area contributed by atoms with Crippen molar-refractivity contribution < 1.29 is 12.9 Å². The van der Waals surface area contributed by atoms with E-state index < -0.39 is 10.0 Å². The van der Waals surface area contributed by atoms with Gasteiger partial charge < -0.3 is 10.3 Å². The molecule has 0 spiro atoms. The smallest absolute Gasteiger partial charge is 0.252 e. The maximum atomic E-state index is 12.0. The zero-order valence-corrected chi connectivity index (χ0v) is 11.3. The van der Waals surface area contributed by atoms with Crippen LogP contribution in [-0.2, 0) is 16.6 Å². The van der Waals surface area contributed by atoms with Crippen LogP contribution in [0.2, 0.25) is 0 Å². The van der Waals surface area contributed by atoms with Crippen LogP contribution in [0.4, 0.5) is 5.13 Å². The van der Waals surface area contributed by atoms with E-state index in [2.05, 4.69) is 19.8 Å². The van der Waals surface area contributed by atoms with Gasteiger partial charge in [0.15, 0.2) is 15.2 Å². The number of aryl methyl sites for hydroxylation is 2. The Bertz CT molecular complexity index is 660. The number of aromatic nitrogens is 3. The first-order chi connectivity index (χ1) is 8.38. The van der Waals surface area contributed by atoms with Gasteiger partial charge in [-0.25, -0.2) is 18.1 Å². The lowest BCUT2D eigenvalue weighted by Gasteiger charge is -2.01. The van der Waals surface area contributed by atoms with E-state index in [1.807, 2.05) is 0 Å². The van der Waals surface area contributed by atoms with Crippen molar-refractivity contribution in [3.63, 3.8) is 0 Å². The zero-order valence-electron chi connectivity index (χ0n) is 9.67. The van der Waals surface area contributed by atoms with E-state index in [1.165, 1.54) is 0 Å². The number of rotatable bonds is 4. The van der Waals surface area contributed by atoms with Gasteiger partial charge in [-0.15, -0.1) is 0 Å². The Morgan fingerprint density at radius 1 is 1.39 bits per heavy atom. The van der Waals surface area contributed by atoms with Gasteiger partial charge in [-0.2, -0.15) is 4.98 Å². The van der Waals surface area contributed by atoms with Crippen molar-refractivity contribution in [3.8, 4) is 0 Å². The highest BCUT2D eigenvalue weighted by atomic mass is 32.2. The Morgan fingerprint density at radius 2 is 2.11 bits per heavy atom. The van der Waals surface area contributed by atoms with Crippen molar-refractivity contribution in [2.24, 2.45) is 0 Å². The maximum Gasteiger partial charge on any atom is 0.252 e. The number of thiazole rings is 1. The lowest BCUT2D eigenvalue weighted by molar-refractivity contribution is 0.387. The first-order valence-electron chi connectivity index (χ1n) is 4.90. The van der Waals surface area contributed by atoms with Crippen LogP contribution in [0.1, 0.15) is 17.4 Å². The lowest BCUT2D eigenvalue weighted by Crippen LogP contribution is -2.23. The molecule has 0 aromatic carbocycles. The second-order valence-corrected chi connectivity index (χ2v) is 6.47. The van der Waals surface area contributed by atoms with Gasteiger partial charge in [-0.05, 0) is 6.92 Å². The summed E-state index contributed by atoms with van der Waals surface area (Å²) in [5.74, 6) is 0.647. The monoisotopic (exact) mass is 289 g/mol. The molecule has 8 nitrogen and oxygen atoms in total. The van der Waals surface area contributed by atoms with Crippen LogP contribution in [0.15, 0.2) is 8.73 Å². The molecule has 3 N–H and O–H groups in total. The van der Waals surface area contributed by atoms with Crippen molar-refractivity contribution in [2.75, 3.05) is 5.73 Å². The number of nitrogen functional groups attached to an aromatic ring is 1. The van der Waals surface area contributed by atoms with Crippen molar-refractivity contribution in [2.45, 2.75) is 24.6 Å². The molecule has 2 heterocycles. The molecule has 2 rings (SSSR count). The van der Waals surface area contributed by atoms with Crippen LogP contribution < -0.4 is 10.5 Å². The quantitative estimate of drug-likeness (QED) is 0.824. The van der Waals surface area contributed by atoms with Crippen LogP contribution in [0, 0.1) is 13.8 Å². The number of nitrogens with zero attached hydrogens (tertiary/aromatic N) is 3. The van der Waals surface area contributed by atoms with Crippen molar-refractivity contribution in [3.05, 3.63) is 17.4 Å². The van der Waals surface area contributed by atoms with Crippen molar-refractivity contribution >= 4 is 26.5 Å². The zero-order chi connectivity index (χ0) is 13.3. The molecule has 0 amide bonds. The minimum Gasteiger partial charge on any atom is -0.375 e. The molecule has 0 saturated carbocycles. The third-order valence-electron chi connectivity index (χ3n) is 2.00. The highest BCUT2D eigenvalue weighted by Crippen LogP contribution is 2.24. The van der Waals surface area contributed by atoms with Gasteiger partial charge in [-0.1, -0.05) is 16.5 Å². The highest BCUT2D eigenvalue weighted by Gasteiger charge is 2.21. The Balaban J connectivity index is 2.15. The van der Waals surface area contributed by atoms with Gasteiger partial charge in [0.2, 0.25) is 5.89 Å². The fraction of sp³-hybridized carbons (Fsp3) is 0.375. The number of nitrogens with one attached hydrogen (secondary N) is 1. The molecule has 0 aliphatic heterocycles. The van der Waals surface area contributed by atoms with Gasteiger partial charge in [0.05, 0.1) is 12.2 Å². The van der Waals surface area contributed by atoms with Crippen LogP contribution in [0.25, 0.3) is 0 Å². The Kier molecular flexibility index (Phi) is 3.32. The molecule has 0 aliphatic rings. The summed E-state index contributed by atoms with van der Waals surface area (Å²) in [6.07, 6.45) is 0. The molecule has 18 heavy (non-hydrogen) atoms. The minimum absolute atomic E-state index is 0.0447. The number of hydrogen-bond acceptors (Lipinski definition) is 8. The van der Waals surface area contributed by atoms with Gasteiger partial charge in [0.25, 0.3) is 10.0 Å². The Hall–Kier alpha value is -1.52. The topological polar surface area (TPSA) is 124 Å². The lowest BCUT2D eigenvalue weighted by atomic mass is 10.6. The number of hydrogen-bond donors (Lipinski definition) is 2. The SMILES string of the molecule is Cc1nc(CNS(=O)(=O)c2sc(N)nc2C)no1. The van der Waals surface area contributed by atoms with E-state index in [0.717, 1.165) is 11.3 Å². The fourth-order valence-corrected chi connectivity index (χ4v) is 3.61. The van der Waals surface area contributed by atoms with E-state index in [-0.39, 0.29) is 21.7 Å². The molecule has 0 aliphatic carbocycles. The molecule has 0 radical (unpaired) electrons. The molecule has 2 aromatic heterocycles. The summed E-state index contributed by atoms with van der Waals surface area (Å²) in [6, 6.07) is 0. The predicted molar refractivity (Wildman–Crippen MR) is 64.3 cm³/mol. The summed E-state index contributed by atoms with van der Waals surface area (Å²) in [5.41, 5.74) is 5.83. The van der Waals surface area contributed by atoms with Gasteiger partial charge in [-0.3, -0.25) is 0 Å². The van der Waals surface area contributed by atoms with Crippen molar-refractivity contribution in [1.82, 2.24) is 19.8 Å². The average Bonchev–Trinajstić information content (AvgIpc) is 2.82. The first kappa shape index (κ1) is 12.9. The normalized spacial score (nSPS) is 11.9. The molecule has 0 fully saturated rings. The van der Waals surface area contributed by atoms with Gasteiger partial charge in [0.1, 0.15) is 0 Å². The first-order valence-corrected chi connectivity index (χ1v) is 7.20. The van der Waals surface area contributed by atoms with Crippen LogP contribution in [0.3, 0.4) is 0 Å². The summed E-state index contributed by atoms with van der Waals surface area (Å²) >= 11 is 0.914. The summed E-state index contributed by atoms with van der Waals surface area (Å²) < 4.78 is 31.1. The molecule has 2 aromatic rings. The third kappa shape index (κ3) is 2.66. The summed E-state index contributed by atoms with van der Waals surface area (Å²) in [7, 11) is -3.65. The van der Waals surface area contributed by atoms with E-state index in [0.29, 0.717) is 11.6 Å². The molecule has 0 atom stereocenters. The number of nitrogens with two attached hydrogens (primary N) is 1. The fourth-order valence-electron chi connectivity index (χ4n) is 1.29.